The van der Waals surface area contributed by atoms with E-state index in [-0.39, 0.29) is 19.3 Å². The van der Waals surface area contributed by atoms with Crippen LogP contribution in [0.25, 0.3) is 0 Å². The topological polar surface area (TPSA) is 209 Å². The van der Waals surface area contributed by atoms with Crippen LogP contribution >= 0.6 is 0 Å². The monoisotopic (exact) mass is 746 g/mol. The number of fused-ring (bicyclic) bond motifs is 3. The SMILES string of the molecule is COC(=O)CC1C(C)(C)C(OC(=O)C2(C)OC2C)C2(O)C(O)C34OC(=O)C(C(=O)C(C)C)C3C(C)(C(OC(C)=O)c3ccoc3)CCC4C1(C)C2(C)O. The van der Waals surface area contributed by atoms with Crippen LogP contribution in [0.5, 0.6) is 0 Å². The Morgan fingerprint density at radius 2 is 1.68 bits per heavy atom. The maximum Gasteiger partial charge on any atom is 0.341 e. The highest BCUT2D eigenvalue weighted by molar-refractivity contribution is 6.02. The molecular weight excluding hydrogens is 692 g/mol. The number of furan rings is 1. The Kier molecular flexibility index (Phi) is 8.98. The fraction of sp³-hybridized carbons (Fsp3) is 0.769. The number of Topliss-reactive ketones (excluding diaryl/α,β-unsaturated/α-hetero) is 1. The minimum atomic E-state index is -2.79. The molecule has 14 heteroatoms. The lowest BCUT2D eigenvalue weighted by molar-refractivity contribution is -0.424. The Bertz CT molecular complexity index is 1700. The fourth-order valence-electron chi connectivity index (χ4n) is 11.6. The van der Waals surface area contributed by atoms with Crippen LogP contribution in [0.2, 0.25) is 0 Å². The molecule has 3 N–H and O–H groups in total. The van der Waals surface area contributed by atoms with E-state index < -0.39 is 122 Å². The molecule has 0 amide bonds. The van der Waals surface area contributed by atoms with Crippen molar-refractivity contribution >= 4 is 29.7 Å². The Balaban J connectivity index is 1.67. The first-order valence-electron chi connectivity index (χ1n) is 18.4. The summed E-state index contributed by atoms with van der Waals surface area (Å²) in [6.07, 6.45) is -2.81. The minimum Gasteiger partial charge on any atom is -0.472 e. The molecule has 3 heterocycles. The second-order valence-electron chi connectivity index (χ2n) is 17.8. The molecule has 3 saturated carbocycles. The number of hydrogen-bond donors (Lipinski definition) is 3. The lowest BCUT2D eigenvalue weighted by Crippen LogP contribution is -2.91. The molecular formula is C39H54O14. The maximum atomic E-state index is 14.5. The summed E-state index contributed by atoms with van der Waals surface area (Å²) in [4.78, 5) is 68.7. The zero-order valence-electron chi connectivity index (χ0n) is 32.4. The van der Waals surface area contributed by atoms with E-state index >= 15 is 0 Å². The van der Waals surface area contributed by atoms with Crippen molar-refractivity contribution in [2.75, 3.05) is 7.11 Å². The summed E-state index contributed by atoms with van der Waals surface area (Å²) in [5.74, 6) is -9.04. The van der Waals surface area contributed by atoms with E-state index in [2.05, 4.69) is 0 Å². The van der Waals surface area contributed by atoms with Crippen LogP contribution in [0.4, 0.5) is 0 Å². The van der Waals surface area contributed by atoms with Gasteiger partial charge in [0, 0.05) is 52.9 Å². The predicted octanol–water partition coefficient (Wildman–Crippen LogP) is 3.22. The highest BCUT2D eigenvalue weighted by Crippen LogP contribution is 2.77. The molecule has 5 aliphatic rings. The number of hydrogen-bond acceptors (Lipinski definition) is 14. The number of esters is 4. The molecule has 6 rings (SSSR count). The molecule has 1 aromatic heterocycles. The van der Waals surface area contributed by atoms with Crippen molar-refractivity contribution in [2.45, 2.75) is 135 Å². The molecule has 5 fully saturated rings. The third kappa shape index (κ3) is 4.86. The number of aliphatic hydroxyl groups is 3. The number of aliphatic hydroxyl groups excluding tert-OH is 1. The second-order valence-corrected chi connectivity index (χ2v) is 17.8. The lowest BCUT2D eigenvalue weighted by Gasteiger charge is -2.77. The van der Waals surface area contributed by atoms with Gasteiger partial charge in [-0.3, -0.25) is 19.2 Å². The highest BCUT2D eigenvalue weighted by atomic mass is 16.7. The molecule has 2 bridgehead atoms. The number of carbonyl (C=O) groups excluding carboxylic acids is 5. The second kappa shape index (κ2) is 12.1. The summed E-state index contributed by atoms with van der Waals surface area (Å²) in [6.45, 7) is 15.8. The lowest BCUT2D eigenvalue weighted by atomic mass is 9.30. The van der Waals surface area contributed by atoms with Crippen molar-refractivity contribution in [3.63, 3.8) is 0 Å². The molecule has 53 heavy (non-hydrogen) atoms. The van der Waals surface area contributed by atoms with Crippen LogP contribution < -0.4 is 0 Å². The first-order valence-corrected chi connectivity index (χ1v) is 18.4. The smallest absolute Gasteiger partial charge is 0.341 e. The summed E-state index contributed by atoms with van der Waals surface area (Å²) in [5.41, 5.74) is -12.5. The van der Waals surface area contributed by atoms with Crippen LogP contribution in [-0.4, -0.2) is 92.8 Å². The standard InChI is InChI=1S/C39H54O14/c1-18(2)26(42)25-27-34(7,28(50-20(4)40)21-13-15-49-17-21)14-12-22-35(8)23(16-24(41)48-11)33(5,6)31(51-32(45)36(9)19(3)52-36)39(47,37(35,10)46)30(44)38(22,27)53-29(25)43/h13,15,17-19,22-23,25,27-28,30-31,44,46-47H,12,14,16H2,1-11H3. The van der Waals surface area contributed by atoms with Gasteiger partial charge in [0.15, 0.2) is 11.2 Å². The van der Waals surface area contributed by atoms with Gasteiger partial charge >= 0.3 is 23.9 Å². The number of ketones is 1. The van der Waals surface area contributed by atoms with E-state index in [4.69, 9.17) is 28.1 Å². The fourth-order valence-corrected chi connectivity index (χ4v) is 11.6. The van der Waals surface area contributed by atoms with Crippen molar-refractivity contribution in [1.29, 1.82) is 0 Å². The van der Waals surface area contributed by atoms with E-state index in [1.54, 1.807) is 54.5 Å². The molecule has 14 nitrogen and oxygen atoms in total. The average molecular weight is 747 g/mol. The van der Waals surface area contributed by atoms with Crippen molar-refractivity contribution in [1.82, 2.24) is 0 Å². The van der Waals surface area contributed by atoms with Crippen LogP contribution in [0.3, 0.4) is 0 Å². The number of ether oxygens (including phenoxy) is 5. The zero-order chi connectivity index (χ0) is 39.6. The van der Waals surface area contributed by atoms with Gasteiger partial charge in [0.1, 0.15) is 41.2 Å². The summed E-state index contributed by atoms with van der Waals surface area (Å²) >= 11 is 0. The van der Waals surface area contributed by atoms with Crippen LogP contribution in [0.15, 0.2) is 23.0 Å². The van der Waals surface area contributed by atoms with E-state index in [0.29, 0.717) is 5.56 Å². The van der Waals surface area contributed by atoms with Crippen LogP contribution in [0.1, 0.15) is 100 Å². The normalized spacial score (nSPS) is 45.6. The van der Waals surface area contributed by atoms with Crippen molar-refractivity contribution < 1.29 is 67.4 Å². The van der Waals surface area contributed by atoms with Crippen molar-refractivity contribution in [2.24, 2.45) is 45.8 Å². The Morgan fingerprint density at radius 3 is 2.19 bits per heavy atom. The molecule has 3 aliphatic carbocycles. The van der Waals surface area contributed by atoms with Gasteiger partial charge in [-0.05, 0) is 45.6 Å². The van der Waals surface area contributed by atoms with Crippen LogP contribution in [-0.2, 0) is 47.7 Å². The van der Waals surface area contributed by atoms with Gasteiger partial charge in [0.05, 0.1) is 25.7 Å². The number of rotatable bonds is 9. The molecule has 2 aliphatic heterocycles. The summed E-state index contributed by atoms with van der Waals surface area (Å²) in [6, 6.07) is 1.60. The molecule has 0 aromatic carbocycles. The summed E-state index contributed by atoms with van der Waals surface area (Å²) in [7, 11) is 1.22. The Labute approximate surface area is 309 Å². The largest absolute Gasteiger partial charge is 0.472 e. The molecule has 14 unspecified atom stereocenters. The van der Waals surface area contributed by atoms with E-state index in [1.807, 2.05) is 0 Å². The quantitative estimate of drug-likeness (QED) is 0.144. The number of epoxide rings is 1. The number of methoxy groups -OCH3 is 1. The zero-order valence-corrected chi connectivity index (χ0v) is 32.4. The molecule has 2 saturated heterocycles. The first kappa shape index (κ1) is 39.4. The van der Waals surface area contributed by atoms with Gasteiger partial charge in [-0.2, -0.15) is 0 Å². The molecule has 0 radical (unpaired) electrons. The summed E-state index contributed by atoms with van der Waals surface area (Å²) < 4.78 is 34.7. The van der Waals surface area contributed by atoms with Gasteiger partial charge < -0.3 is 43.4 Å². The third-order valence-corrected chi connectivity index (χ3v) is 14.6. The maximum absolute atomic E-state index is 14.5. The van der Waals surface area contributed by atoms with Crippen molar-refractivity contribution in [3.05, 3.63) is 24.2 Å². The minimum absolute atomic E-state index is 0.111. The van der Waals surface area contributed by atoms with E-state index in [0.717, 1.165) is 0 Å². The van der Waals surface area contributed by atoms with E-state index in [1.165, 1.54) is 40.4 Å². The van der Waals surface area contributed by atoms with Gasteiger partial charge in [0.25, 0.3) is 0 Å². The molecule has 1 spiro atoms. The average Bonchev–Trinajstić information content (AvgIpc) is 3.39. The molecule has 294 valence electrons. The van der Waals surface area contributed by atoms with Crippen LogP contribution in [0, 0.1) is 45.8 Å². The van der Waals surface area contributed by atoms with Crippen molar-refractivity contribution in [3.8, 4) is 0 Å². The molecule has 1 aromatic rings. The molecule has 14 atom stereocenters. The summed E-state index contributed by atoms with van der Waals surface area (Å²) in [5, 5.41) is 39.5. The highest BCUT2D eigenvalue weighted by Gasteiger charge is 2.90. The predicted molar refractivity (Wildman–Crippen MR) is 182 cm³/mol. The number of carbonyl (C=O) groups is 5. The van der Waals surface area contributed by atoms with E-state index in [9.17, 15) is 39.3 Å². The Hall–Kier alpha value is -3.33. The Morgan fingerprint density at radius 1 is 1.06 bits per heavy atom. The first-order chi connectivity index (χ1) is 24.4. The van der Waals surface area contributed by atoms with Gasteiger partial charge in [-0.25, -0.2) is 4.79 Å². The third-order valence-electron chi connectivity index (χ3n) is 14.6. The van der Waals surface area contributed by atoms with Gasteiger partial charge in [0.2, 0.25) is 0 Å². The van der Waals surface area contributed by atoms with Gasteiger partial charge in [-0.15, -0.1) is 0 Å². The van der Waals surface area contributed by atoms with Gasteiger partial charge in [-0.1, -0.05) is 41.5 Å².